The van der Waals surface area contributed by atoms with Crippen LogP contribution in [0.2, 0.25) is 0 Å². The molecule has 2 amide bonds. The van der Waals surface area contributed by atoms with Gasteiger partial charge in [-0.25, -0.2) is 4.79 Å². The monoisotopic (exact) mass is 154 g/mol. The van der Waals surface area contributed by atoms with Crippen molar-refractivity contribution in [3.05, 3.63) is 11.8 Å². The summed E-state index contributed by atoms with van der Waals surface area (Å²) >= 11 is 0. The number of hydrogen-bond donors (Lipinski definition) is 2. The number of hydrogen-bond acceptors (Lipinski definition) is 1. The summed E-state index contributed by atoms with van der Waals surface area (Å²) in [5.74, 6) is 0. The fraction of sp³-hybridized carbons (Fsp3) is 0.625. The molecular formula is C8H14N2O. The van der Waals surface area contributed by atoms with Gasteiger partial charge in [0.05, 0.1) is 0 Å². The fourth-order valence-electron chi connectivity index (χ4n) is 0.912. The van der Waals surface area contributed by atoms with Crippen LogP contribution in [-0.4, -0.2) is 12.6 Å². The van der Waals surface area contributed by atoms with Crippen LogP contribution in [0.4, 0.5) is 4.79 Å². The van der Waals surface area contributed by atoms with Crippen molar-refractivity contribution in [3.8, 4) is 0 Å². The van der Waals surface area contributed by atoms with Gasteiger partial charge in [0.15, 0.2) is 0 Å². The number of urea groups is 1. The van der Waals surface area contributed by atoms with E-state index in [0.29, 0.717) is 6.54 Å². The molecule has 11 heavy (non-hydrogen) atoms. The normalized spacial score (nSPS) is 18.5. The summed E-state index contributed by atoms with van der Waals surface area (Å²) in [4.78, 5) is 10.7. The van der Waals surface area contributed by atoms with Gasteiger partial charge in [-0.3, -0.25) is 0 Å². The van der Waals surface area contributed by atoms with E-state index in [1.54, 1.807) is 6.20 Å². The van der Waals surface area contributed by atoms with Gasteiger partial charge in [-0.05, 0) is 11.0 Å². The third kappa shape index (κ3) is 1.97. The van der Waals surface area contributed by atoms with Crippen molar-refractivity contribution in [3.63, 3.8) is 0 Å². The lowest BCUT2D eigenvalue weighted by molar-refractivity contribution is 0.242. The van der Waals surface area contributed by atoms with E-state index in [1.165, 1.54) is 5.57 Å². The molecule has 0 aromatic carbocycles. The third-order valence-corrected chi connectivity index (χ3v) is 1.78. The van der Waals surface area contributed by atoms with Crippen molar-refractivity contribution in [2.24, 2.45) is 5.41 Å². The molecule has 0 aromatic rings. The van der Waals surface area contributed by atoms with Gasteiger partial charge in [0.2, 0.25) is 0 Å². The Balaban J connectivity index is 2.69. The molecule has 0 bridgehead atoms. The van der Waals surface area contributed by atoms with Crippen LogP contribution >= 0.6 is 0 Å². The molecule has 3 heteroatoms. The van der Waals surface area contributed by atoms with Crippen LogP contribution in [-0.2, 0) is 0 Å². The first kappa shape index (κ1) is 8.11. The van der Waals surface area contributed by atoms with E-state index in [0.717, 1.165) is 0 Å². The summed E-state index contributed by atoms with van der Waals surface area (Å²) in [5.41, 5.74) is 1.36. The van der Waals surface area contributed by atoms with E-state index in [1.807, 2.05) is 0 Å². The van der Waals surface area contributed by atoms with Crippen molar-refractivity contribution >= 4 is 6.03 Å². The predicted molar refractivity (Wildman–Crippen MR) is 44.1 cm³/mol. The molecule has 0 spiro atoms. The Morgan fingerprint density at radius 1 is 1.45 bits per heavy atom. The summed E-state index contributed by atoms with van der Waals surface area (Å²) in [6.07, 6.45) is 1.79. The first-order valence-corrected chi connectivity index (χ1v) is 3.74. The third-order valence-electron chi connectivity index (χ3n) is 1.78. The van der Waals surface area contributed by atoms with E-state index in [-0.39, 0.29) is 11.4 Å². The van der Waals surface area contributed by atoms with Crippen LogP contribution < -0.4 is 10.6 Å². The zero-order valence-corrected chi connectivity index (χ0v) is 7.19. The maximum atomic E-state index is 10.7. The van der Waals surface area contributed by atoms with Gasteiger partial charge in [-0.2, -0.15) is 0 Å². The summed E-state index contributed by atoms with van der Waals surface area (Å²) in [5, 5.41) is 5.35. The second-order valence-electron chi connectivity index (χ2n) is 3.75. The molecule has 62 valence electrons. The van der Waals surface area contributed by atoms with Crippen molar-refractivity contribution in [2.45, 2.75) is 20.8 Å². The number of rotatable bonds is 0. The standard InChI is InChI=1S/C8H14N2O/c1-8(2,3)6-4-9-7(11)10-5-6/h4H,5H2,1-3H3,(H2,9,10,11). The zero-order valence-electron chi connectivity index (χ0n) is 7.19. The van der Waals surface area contributed by atoms with Crippen LogP contribution in [0.5, 0.6) is 0 Å². The highest BCUT2D eigenvalue weighted by molar-refractivity contribution is 5.76. The minimum absolute atomic E-state index is 0.113. The molecule has 0 atom stereocenters. The average Bonchev–Trinajstić information content (AvgIpc) is 1.86. The molecule has 1 aliphatic heterocycles. The minimum Gasteiger partial charge on any atom is -0.334 e. The highest BCUT2D eigenvalue weighted by Crippen LogP contribution is 2.24. The molecular weight excluding hydrogens is 140 g/mol. The van der Waals surface area contributed by atoms with Gasteiger partial charge in [-0.15, -0.1) is 0 Å². The van der Waals surface area contributed by atoms with Crippen LogP contribution in [0.25, 0.3) is 0 Å². The molecule has 0 saturated heterocycles. The summed E-state index contributed by atoms with van der Waals surface area (Å²) in [6.45, 7) is 7.03. The second-order valence-corrected chi connectivity index (χ2v) is 3.75. The smallest absolute Gasteiger partial charge is 0.319 e. The number of carbonyl (C=O) groups is 1. The van der Waals surface area contributed by atoms with Crippen LogP contribution in [0.3, 0.4) is 0 Å². The van der Waals surface area contributed by atoms with Crippen LogP contribution in [0.1, 0.15) is 20.8 Å². The maximum absolute atomic E-state index is 10.7. The molecule has 3 nitrogen and oxygen atoms in total. The molecule has 0 saturated carbocycles. The fourth-order valence-corrected chi connectivity index (χ4v) is 0.912. The minimum atomic E-state index is -0.113. The lowest BCUT2D eigenvalue weighted by atomic mass is 9.86. The lowest BCUT2D eigenvalue weighted by Gasteiger charge is -2.26. The van der Waals surface area contributed by atoms with E-state index < -0.39 is 0 Å². The first-order valence-electron chi connectivity index (χ1n) is 3.74. The molecule has 0 aromatic heterocycles. The summed E-state index contributed by atoms with van der Waals surface area (Å²) in [6, 6.07) is -0.113. The van der Waals surface area contributed by atoms with Crippen molar-refractivity contribution in [1.82, 2.24) is 10.6 Å². The molecule has 1 aliphatic rings. The van der Waals surface area contributed by atoms with Crippen molar-refractivity contribution in [1.29, 1.82) is 0 Å². The van der Waals surface area contributed by atoms with Crippen LogP contribution in [0, 0.1) is 5.41 Å². The Labute approximate surface area is 66.9 Å². The quantitative estimate of drug-likeness (QED) is 0.541. The Bertz CT molecular complexity index is 201. The topological polar surface area (TPSA) is 41.1 Å². The SMILES string of the molecule is CC(C)(C)C1=CNC(=O)NC1. The zero-order chi connectivity index (χ0) is 8.48. The van der Waals surface area contributed by atoms with Gasteiger partial charge >= 0.3 is 6.03 Å². The first-order chi connectivity index (χ1) is 5.00. The van der Waals surface area contributed by atoms with Gasteiger partial charge in [0, 0.05) is 12.7 Å². The maximum Gasteiger partial charge on any atom is 0.319 e. The summed E-state index contributed by atoms with van der Waals surface area (Å²) in [7, 11) is 0. The van der Waals surface area contributed by atoms with Gasteiger partial charge < -0.3 is 10.6 Å². The molecule has 0 unspecified atom stereocenters. The van der Waals surface area contributed by atoms with E-state index >= 15 is 0 Å². The van der Waals surface area contributed by atoms with E-state index in [9.17, 15) is 4.79 Å². The largest absolute Gasteiger partial charge is 0.334 e. The highest BCUT2D eigenvalue weighted by Gasteiger charge is 2.20. The van der Waals surface area contributed by atoms with Crippen molar-refractivity contribution in [2.75, 3.05) is 6.54 Å². The van der Waals surface area contributed by atoms with Gasteiger partial charge in [0.25, 0.3) is 0 Å². The molecule has 0 fully saturated rings. The Hall–Kier alpha value is -0.990. The molecule has 2 N–H and O–H groups in total. The molecule has 1 heterocycles. The Morgan fingerprint density at radius 2 is 2.09 bits per heavy atom. The number of carbonyl (C=O) groups excluding carboxylic acids is 1. The average molecular weight is 154 g/mol. The number of amides is 2. The van der Waals surface area contributed by atoms with Crippen LogP contribution in [0.15, 0.2) is 11.8 Å². The Morgan fingerprint density at radius 3 is 2.45 bits per heavy atom. The predicted octanol–water partition coefficient (Wildman–Crippen LogP) is 1.23. The summed E-state index contributed by atoms with van der Waals surface area (Å²) < 4.78 is 0. The molecule has 0 aliphatic carbocycles. The Kier molecular flexibility index (Phi) is 1.89. The molecule has 1 rings (SSSR count). The van der Waals surface area contributed by atoms with Crippen molar-refractivity contribution < 1.29 is 4.79 Å². The van der Waals surface area contributed by atoms with E-state index in [2.05, 4.69) is 31.4 Å². The molecule has 0 radical (unpaired) electrons. The van der Waals surface area contributed by atoms with Gasteiger partial charge in [-0.1, -0.05) is 20.8 Å². The number of nitrogens with one attached hydrogen (secondary N) is 2. The van der Waals surface area contributed by atoms with Gasteiger partial charge in [0.1, 0.15) is 0 Å². The lowest BCUT2D eigenvalue weighted by Crippen LogP contribution is -2.40. The highest BCUT2D eigenvalue weighted by atomic mass is 16.2. The second kappa shape index (κ2) is 2.57. The van der Waals surface area contributed by atoms with E-state index in [4.69, 9.17) is 0 Å².